The van der Waals surface area contributed by atoms with Gasteiger partial charge >= 0.3 is 0 Å². The van der Waals surface area contributed by atoms with Crippen molar-refractivity contribution in [3.8, 4) is 23.0 Å². The SMILES string of the molecule is CC(C)(c1ccc(Oc2cc(N)ccc2F)cc1)c1cccc(C(C)(C)c2ccc(Oc3cc(N)ccc3F)cc2)c1. The van der Waals surface area contributed by atoms with Crippen molar-refractivity contribution in [2.75, 3.05) is 11.5 Å². The molecule has 5 rings (SSSR count). The van der Waals surface area contributed by atoms with Crippen molar-refractivity contribution in [2.45, 2.75) is 38.5 Å². The summed E-state index contributed by atoms with van der Waals surface area (Å²) in [5.74, 6) is 0.303. The third-order valence-electron chi connectivity index (χ3n) is 7.82. The molecule has 0 fully saturated rings. The van der Waals surface area contributed by atoms with Crippen LogP contribution in [0.5, 0.6) is 23.0 Å². The van der Waals surface area contributed by atoms with Crippen LogP contribution in [0.2, 0.25) is 0 Å². The number of nitrogen functional groups attached to an aromatic ring is 2. The molecule has 0 bridgehead atoms. The molecule has 0 unspecified atom stereocenters. The normalized spacial score (nSPS) is 11.8. The lowest BCUT2D eigenvalue weighted by atomic mass is 9.73. The predicted octanol–water partition coefficient (Wildman–Crippen LogP) is 9.37. The molecule has 0 radical (unpaired) electrons. The standard InChI is InChI=1S/C36H34F2N2O2/c1-35(2,23-8-14-29(15-9-23)41-33-21-27(39)12-18-31(33)37)25-6-5-7-26(20-25)36(3,4)24-10-16-30(17-11-24)42-34-22-28(40)13-19-32(34)38/h5-22H,39-40H2,1-4H3. The molecule has 5 aromatic rings. The Morgan fingerprint density at radius 3 is 1.24 bits per heavy atom. The lowest BCUT2D eigenvalue weighted by molar-refractivity contribution is 0.442. The highest BCUT2D eigenvalue weighted by Crippen LogP contribution is 2.38. The summed E-state index contributed by atoms with van der Waals surface area (Å²) in [6.45, 7) is 8.70. The Bertz CT molecular complexity index is 1590. The molecule has 0 aromatic heterocycles. The Morgan fingerprint density at radius 2 is 0.857 bits per heavy atom. The molecule has 4 nitrogen and oxygen atoms in total. The van der Waals surface area contributed by atoms with Gasteiger partial charge < -0.3 is 20.9 Å². The highest BCUT2D eigenvalue weighted by Gasteiger charge is 2.28. The van der Waals surface area contributed by atoms with E-state index in [9.17, 15) is 8.78 Å². The second-order valence-electron chi connectivity index (χ2n) is 11.5. The van der Waals surface area contributed by atoms with Crippen LogP contribution in [0.3, 0.4) is 0 Å². The minimum Gasteiger partial charge on any atom is -0.454 e. The zero-order chi connectivity index (χ0) is 30.1. The molecular weight excluding hydrogens is 530 g/mol. The first-order valence-corrected chi connectivity index (χ1v) is 13.7. The number of benzene rings is 5. The number of anilines is 2. The Kier molecular flexibility index (Phi) is 7.65. The van der Waals surface area contributed by atoms with E-state index >= 15 is 0 Å². The number of halogens is 2. The Labute approximate surface area is 245 Å². The van der Waals surface area contributed by atoms with Crippen LogP contribution in [0.1, 0.15) is 49.9 Å². The number of hydrogen-bond acceptors (Lipinski definition) is 4. The number of ether oxygens (including phenoxy) is 2. The van der Waals surface area contributed by atoms with Gasteiger partial charge in [-0.25, -0.2) is 8.78 Å². The minimum atomic E-state index is -0.467. The molecule has 4 N–H and O–H groups in total. The smallest absolute Gasteiger partial charge is 0.165 e. The van der Waals surface area contributed by atoms with Gasteiger partial charge in [-0.15, -0.1) is 0 Å². The molecule has 6 heteroatoms. The molecule has 214 valence electrons. The van der Waals surface area contributed by atoms with Gasteiger partial charge in [0.1, 0.15) is 11.5 Å². The van der Waals surface area contributed by atoms with E-state index in [0.717, 1.165) is 22.3 Å². The van der Waals surface area contributed by atoms with E-state index in [1.165, 1.54) is 36.4 Å². The second-order valence-corrected chi connectivity index (χ2v) is 11.5. The van der Waals surface area contributed by atoms with Crippen molar-refractivity contribution in [1.82, 2.24) is 0 Å². The molecule has 0 saturated heterocycles. The molecule has 0 atom stereocenters. The fraction of sp³-hybridized carbons (Fsp3) is 0.167. The molecule has 5 aromatic carbocycles. The van der Waals surface area contributed by atoms with Gasteiger partial charge in [0, 0.05) is 34.3 Å². The van der Waals surface area contributed by atoms with Gasteiger partial charge in [0.25, 0.3) is 0 Å². The fourth-order valence-corrected chi connectivity index (χ4v) is 4.96. The number of hydrogen-bond donors (Lipinski definition) is 2. The van der Waals surface area contributed by atoms with Gasteiger partial charge in [-0.2, -0.15) is 0 Å². The average Bonchev–Trinajstić information content (AvgIpc) is 2.97. The lowest BCUT2D eigenvalue weighted by Crippen LogP contribution is -2.22. The van der Waals surface area contributed by atoms with E-state index in [1.807, 2.05) is 48.5 Å². The maximum absolute atomic E-state index is 14.1. The highest BCUT2D eigenvalue weighted by atomic mass is 19.1. The molecule has 0 aliphatic rings. The Morgan fingerprint density at radius 1 is 0.476 bits per heavy atom. The summed E-state index contributed by atoms with van der Waals surface area (Å²) in [6.07, 6.45) is 0. The van der Waals surface area contributed by atoms with E-state index in [2.05, 4.69) is 52.0 Å². The summed E-state index contributed by atoms with van der Waals surface area (Å²) in [6, 6.07) is 32.5. The first-order chi connectivity index (χ1) is 19.9. The molecule has 0 heterocycles. The Balaban J connectivity index is 1.35. The lowest BCUT2D eigenvalue weighted by Gasteiger charge is -2.31. The zero-order valence-corrected chi connectivity index (χ0v) is 24.1. The number of nitrogens with two attached hydrogens (primary N) is 2. The van der Waals surface area contributed by atoms with E-state index < -0.39 is 11.6 Å². The van der Waals surface area contributed by atoms with Crippen LogP contribution >= 0.6 is 0 Å². The van der Waals surface area contributed by atoms with Gasteiger partial charge in [0.15, 0.2) is 23.1 Å². The van der Waals surface area contributed by atoms with Gasteiger partial charge in [0.05, 0.1) is 0 Å². The van der Waals surface area contributed by atoms with Crippen LogP contribution in [0, 0.1) is 11.6 Å². The second kappa shape index (κ2) is 11.2. The van der Waals surface area contributed by atoms with Gasteiger partial charge in [-0.1, -0.05) is 76.2 Å². The van der Waals surface area contributed by atoms with Crippen molar-refractivity contribution in [3.63, 3.8) is 0 Å². The quantitative estimate of drug-likeness (QED) is 0.184. The summed E-state index contributed by atoms with van der Waals surface area (Å²) < 4.78 is 39.7. The topological polar surface area (TPSA) is 70.5 Å². The summed E-state index contributed by atoms with van der Waals surface area (Å²) >= 11 is 0. The minimum absolute atomic E-state index is 0.0912. The van der Waals surface area contributed by atoms with Crippen LogP contribution in [0.15, 0.2) is 109 Å². The molecule has 0 amide bonds. The number of rotatable bonds is 8. The molecule has 42 heavy (non-hydrogen) atoms. The summed E-state index contributed by atoms with van der Waals surface area (Å²) in [4.78, 5) is 0. The van der Waals surface area contributed by atoms with Crippen molar-refractivity contribution in [1.29, 1.82) is 0 Å². The molecule has 0 saturated carbocycles. The summed E-state index contributed by atoms with van der Waals surface area (Å²) in [5, 5.41) is 0. The highest BCUT2D eigenvalue weighted by molar-refractivity contribution is 5.49. The van der Waals surface area contributed by atoms with Crippen molar-refractivity contribution in [2.24, 2.45) is 0 Å². The fourth-order valence-electron chi connectivity index (χ4n) is 4.96. The van der Waals surface area contributed by atoms with E-state index in [1.54, 1.807) is 0 Å². The summed E-state index contributed by atoms with van der Waals surface area (Å²) in [7, 11) is 0. The Hall–Kier alpha value is -4.84. The van der Waals surface area contributed by atoms with Crippen LogP contribution in [-0.4, -0.2) is 0 Å². The van der Waals surface area contributed by atoms with Crippen molar-refractivity contribution < 1.29 is 18.3 Å². The average molecular weight is 565 g/mol. The third kappa shape index (κ3) is 5.93. The van der Waals surface area contributed by atoms with E-state index in [-0.39, 0.29) is 22.3 Å². The molecule has 0 aliphatic heterocycles. The van der Waals surface area contributed by atoms with Crippen molar-refractivity contribution in [3.05, 3.63) is 143 Å². The molecule has 0 aliphatic carbocycles. The van der Waals surface area contributed by atoms with E-state index in [0.29, 0.717) is 22.9 Å². The maximum Gasteiger partial charge on any atom is 0.165 e. The van der Waals surface area contributed by atoms with Gasteiger partial charge in [0.2, 0.25) is 0 Å². The van der Waals surface area contributed by atoms with E-state index in [4.69, 9.17) is 20.9 Å². The van der Waals surface area contributed by atoms with Crippen molar-refractivity contribution >= 4 is 11.4 Å². The zero-order valence-electron chi connectivity index (χ0n) is 24.1. The summed E-state index contributed by atoms with van der Waals surface area (Å²) in [5.41, 5.74) is 16.3. The largest absolute Gasteiger partial charge is 0.454 e. The molecule has 0 spiro atoms. The maximum atomic E-state index is 14.1. The van der Waals surface area contributed by atoms with Crippen LogP contribution in [0.25, 0.3) is 0 Å². The third-order valence-corrected chi connectivity index (χ3v) is 7.82. The first-order valence-electron chi connectivity index (χ1n) is 13.7. The monoisotopic (exact) mass is 564 g/mol. The van der Waals surface area contributed by atoms with Gasteiger partial charge in [-0.3, -0.25) is 0 Å². The van der Waals surface area contributed by atoms with Crippen LogP contribution in [-0.2, 0) is 10.8 Å². The first kappa shape index (κ1) is 28.7. The predicted molar refractivity (Wildman–Crippen MR) is 165 cm³/mol. The molecular formula is C36H34F2N2O2. The van der Waals surface area contributed by atoms with Gasteiger partial charge in [-0.05, 0) is 70.8 Å². The van der Waals surface area contributed by atoms with Crippen LogP contribution < -0.4 is 20.9 Å². The van der Waals surface area contributed by atoms with Crippen LogP contribution in [0.4, 0.5) is 20.2 Å².